The number of methoxy groups -OCH3 is 1. The molecule has 1 aromatic heterocycles. The van der Waals surface area contributed by atoms with Crippen LogP contribution in [-0.4, -0.2) is 31.3 Å². The van der Waals surface area contributed by atoms with Gasteiger partial charge in [0, 0.05) is 10.9 Å². The van der Waals surface area contributed by atoms with Crippen LogP contribution >= 0.6 is 11.3 Å². The van der Waals surface area contributed by atoms with Crippen molar-refractivity contribution < 1.29 is 37.0 Å². The van der Waals surface area contributed by atoms with Crippen molar-refractivity contribution in [2.24, 2.45) is 0 Å². The van der Waals surface area contributed by atoms with Crippen molar-refractivity contribution in [2.45, 2.75) is 32.5 Å². The lowest BCUT2D eigenvalue weighted by molar-refractivity contribution is -0.157. The Labute approximate surface area is 164 Å². The van der Waals surface area contributed by atoms with E-state index in [1.165, 1.54) is 24.6 Å². The van der Waals surface area contributed by atoms with Crippen molar-refractivity contribution in [2.75, 3.05) is 13.7 Å². The van der Waals surface area contributed by atoms with Crippen LogP contribution < -0.4 is 4.74 Å². The van der Waals surface area contributed by atoms with Crippen molar-refractivity contribution >= 4 is 23.3 Å². The molecule has 0 radical (unpaired) electrons. The first kappa shape index (κ1) is 21.7. The lowest BCUT2D eigenvalue weighted by Gasteiger charge is -2.19. The minimum Gasteiger partial charge on any atom is -0.479 e. The van der Waals surface area contributed by atoms with Gasteiger partial charge in [0.1, 0.15) is 5.60 Å². The standard InChI is InChI=1S/C19H19F3O5S/c1-18(2,3)27-14(23)9-26-15-13(10-28-16(15)17(24)25-4)11-6-5-7-12(8-11)19(20,21)22/h5-8,10H,9H2,1-4H3. The Morgan fingerprint density at radius 2 is 1.82 bits per heavy atom. The van der Waals surface area contributed by atoms with Crippen LogP contribution in [0, 0.1) is 0 Å². The monoisotopic (exact) mass is 416 g/mol. The van der Waals surface area contributed by atoms with Crippen molar-refractivity contribution in [3.05, 3.63) is 40.1 Å². The first-order chi connectivity index (χ1) is 12.9. The van der Waals surface area contributed by atoms with E-state index >= 15 is 0 Å². The Balaban J connectivity index is 2.39. The number of carbonyl (C=O) groups is 2. The minimum absolute atomic E-state index is 0.0259. The molecule has 1 heterocycles. The third-order valence-electron chi connectivity index (χ3n) is 3.37. The molecule has 0 saturated heterocycles. The number of rotatable bonds is 5. The fourth-order valence-electron chi connectivity index (χ4n) is 2.29. The molecule has 0 spiro atoms. The summed E-state index contributed by atoms with van der Waals surface area (Å²) in [4.78, 5) is 24.0. The lowest BCUT2D eigenvalue weighted by Crippen LogP contribution is -2.27. The topological polar surface area (TPSA) is 61.8 Å². The molecule has 0 aliphatic carbocycles. The number of thiophene rings is 1. The van der Waals surface area contributed by atoms with Crippen molar-refractivity contribution in [3.63, 3.8) is 0 Å². The number of carbonyl (C=O) groups excluding carboxylic acids is 2. The normalized spacial score (nSPS) is 11.8. The van der Waals surface area contributed by atoms with Crippen LogP contribution in [-0.2, 0) is 20.4 Å². The maximum Gasteiger partial charge on any atom is 0.416 e. The van der Waals surface area contributed by atoms with Gasteiger partial charge in [-0.05, 0) is 38.5 Å². The van der Waals surface area contributed by atoms with Gasteiger partial charge in [0.2, 0.25) is 0 Å². The lowest BCUT2D eigenvalue weighted by atomic mass is 10.0. The first-order valence-electron chi connectivity index (χ1n) is 8.14. The van der Waals surface area contributed by atoms with Gasteiger partial charge in [-0.2, -0.15) is 13.2 Å². The highest BCUT2D eigenvalue weighted by molar-refractivity contribution is 7.12. The van der Waals surface area contributed by atoms with Gasteiger partial charge >= 0.3 is 18.1 Å². The Morgan fingerprint density at radius 1 is 1.14 bits per heavy atom. The summed E-state index contributed by atoms with van der Waals surface area (Å²) >= 11 is 0.949. The largest absolute Gasteiger partial charge is 0.479 e. The Morgan fingerprint density at radius 3 is 2.39 bits per heavy atom. The molecule has 0 atom stereocenters. The highest BCUT2D eigenvalue weighted by Crippen LogP contribution is 2.41. The molecule has 28 heavy (non-hydrogen) atoms. The third kappa shape index (κ3) is 5.48. The quantitative estimate of drug-likeness (QED) is 0.646. The average Bonchev–Trinajstić information content (AvgIpc) is 3.01. The summed E-state index contributed by atoms with van der Waals surface area (Å²) in [5.74, 6) is -1.42. The molecule has 2 aromatic rings. The molecule has 0 aliphatic heterocycles. The second kappa shape index (κ2) is 8.22. The van der Waals surface area contributed by atoms with Gasteiger partial charge in [0.05, 0.1) is 12.7 Å². The second-order valence-electron chi connectivity index (χ2n) is 6.75. The molecule has 2 rings (SSSR count). The summed E-state index contributed by atoms with van der Waals surface area (Å²) < 4.78 is 54.4. The Hall–Kier alpha value is -2.55. The van der Waals surface area contributed by atoms with Crippen molar-refractivity contribution in [1.29, 1.82) is 0 Å². The van der Waals surface area contributed by atoms with E-state index in [1.54, 1.807) is 20.8 Å². The van der Waals surface area contributed by atoms with Gasteiger partial charge in [0.15, 0.2) is 17.2 Å². The van der Waals surface area contributed by atoms with Crippen LogP contribution in [0.2, 0.25) is 0 Å². The predicted molar refractivity (Wildman–Crippen MR) is 97.4 cm³/mol. The molecule has 0 aliphatic rings. The van der Waals surface area contributed by atoms with E-state index in [0.717, 1.165) is 23.5 Å². The van der Waals surface area contributed by atoms with Gasteiger partial charge in [-0.15, -0.1) is 11.3 Å². The summed E-state index contributed by atoms with van der Waals surface area (Å²) in [6.07, 6.45) is -4.52. The molecule has 5 nitrogen and oxygen atoms in total. The van der Waals surface area contributed by atoms with Gasteiger partial charge in [-0.25, -0.2) is 9.59 Å². The zero-order chi connectivity index (χ0) is 21.1. The van der Waals surface area contributed by atoms with Gasteiger partial charge in [0.25, 0.3) is 0 Å². The molecule has 0 bridgehead atoms. The Kier molecular flexibility index (Phi) is 6.38. The van der Waals surface area contributed by atoms with Crippen LogP contribution in [0.15, 0.2) is 29.6 Å². The molecule has 152 valence electrons. The second-order valence-corrected chi connectivity index (χ2v) is 7.63. The summed E-state index contributed by atoms with van der Waals surface area (Å²) in [6.45, 7) is 4.54. The minimum atomic E-state index is -4.52. The van der Waals surface area contributed by atoms with E-state index < -0.39 is 35.9 Å². The van der Waals surface area contributed by atoms with Crippen LogP contribution in [0.4, 0.5) is 13.2 Å². The summed E-state index contributed by atoms with van der Waals surface area (Å²) in [7, 11) is 1.17. The molecule has 0 saturated carbocycles. The van der Waals surface area contributed by atoms with Gasteiger partial charge < -0.3 is 14.2 Å². The molecule has 9 heteroatoms. The van der Waals surface area contributed by atoms with Crippen LogP contribution in [0.3, 0.4) is 0 Å². The maximum absolute atomic E-state index is 13.0. The molecular weight excluding hydrogens is 397 g/mol. The van der Waals surface area contributed by atoms with Crippen molar-refractivity contribution in [1.82, 2.24) is 0 Å². The van der Waals surface area contributed by atoms with Crippen LogP contribution in [0.5, 0.6) is 5.75 Å². The van der Waals surface area contributed by atoms with E-state index in [4.69, 9.17) is 9.47 Å². The third-order valence-corrected chi connectivity index (χ3v) is 4.31. The highest BCUT2D eigenvalue weighted by Gasteiger charge is 2.31. The summed E-state index contributed by atoms with van der Waals surface area (Å²) in [6, 6.07) is 4.60. The van der Waals surface area contributed by atoms with Gasteiger partial charge in [-0.1, -0.05) is 12.1 Å². The zero-order valence-corrected chi connectivity index (χ0v) is 16.5. The Bertz CT molecular complexity index is 865. The highest BCUT2D eigenvalue weighted by atomic mass is 32.1. The summed E-state index contributed by atoms with van der Waals surface area (Å²) in [5, 5.41) is 1.48. The van der Waals surface area contributed by atoms with Gasteiger partial charge in [-0.3, -0.25) is 0 Å². The number of hydrogen-bond acceptors (Lipinski definition) is 6. The molecule has 0 amide bonds. The number of benzene rings is 1. The van der Waals surface area contributed by atoms with E-state index in [1.807, 2.05) is 0 Å². The molecule has 0 unspecified atom stereocenters. The van der Waals surface area contributed by atoms with E-state index in [2.05, 4.69) is 4.74 Å². The fourth-order valence-corrected chi connectivity index (χ4v) is 3.22. The number of hydrogen-bond donors (Lipinski definition) is 0. The van der Waals surface area contributed by atoms with Crippen LogP contribution in [0.1, 0.15) is 36.0 Å². The van der Waals surface area contributed by atoms with E-state index in [0.29, 0.717) is 0 Å². The van der Waals surface area contributed by atoms with E-state index in [-0.39, 0.29) is 21.8 Å². The fraction of sp³-hybridized carbons (Fsp3) is 0.368. The number of esters is 2. The molecule has 0 fully saturated rings. The molecule has 1 aromatic carbocycles. The van der Waals surface area contributed by atoms with E-state index in [9.17, 15) is 22.8 Å². The SMILES string of the molecule is COC(=O)c1scc(-c2cccc(C(F)(F)F)c2)c1OCC(=O)OC(C)(C)C. The predicted octanol–water partition coefficient (Wildman–Crippen LogP) is 4.94. The number of ether oxygens (including phenoxy) is 3. The van der Waals surface area contributed by atoms with Crippen molar-refractivity contribution in [3.8, 4) is 16.9 Å². The van der Waals surface area contributed by atoms with Crippen LogP contribution in [0.25, 0.3) is 11.1 Å². The zero-order valence-electron chi connectivity index (χ0n) is 15.7. The summed E-state index contributed by atoms with van der Waals surface area (Å²) in [5.41, 5.74) is -1.13. The molecular formula is C19H19F3O5S. The molecule has 0 N–H and O–H groups in total. The number of alkyl halides is 3. The number of halogens is 3. The maximum atomic E-state index is 13.0. The smallest absolute Gasteiger partial charge is 0.416 e. The average molecular weight is 416 g/mol. The first-order valence-corrected chi connectivity index (χ1v) is 9.02.